The van der Waals surface area contributed by atoms with E-state index >= 15 is 0 Å². The van der Waals surface area contributed by atoms with Gasteiger partial charge in [-0.05, 0) is 0 Å². The molecule has 0 fully saturated rings. The monoisotopic (exact) mass is 197 g/mol. The summed E-state index contributed by atoms with van der Waals surface area (Å²) in [6.45, 7) is 0. The molecule has 6 nitrogen and oxygen atoms in total. The van der Waals surface area contributed by atoms with E-state index in [1.54, 1.807) is 0 Å². The molecule has 0 saturated heterocycles. The number of nitrogens with zero attached hydrogens (tertiary/aromatic N) is 1. The summed E-state index contributed by atoms with van der Waals surface area (Å²) in [5, 5.41) is 19.6. The molecule has 0 aliphatic rings. The first kappa shape index (κ1) is 9.97. The fraction of sp³-hybridized carbons (Fsp3) is 0.125. The van der Waals surface area contributed by atoms with E-state index in [2.05, 4.69) is 0 Å². The molecule has 74 valence electrons. The maximum atomic E-state index is 10.5. The smallest absolute Gasteiger partial charge is 0.276 e. The largest absolute Gasteiger partial charge is 0.507 e. The van der Waals surface area contributed by atoms with E-state index < -0.39 is 10.7 Å². The summed E-state index contributed by atoms with van der Waals surface area (Å²) in [4.78, 5) is 20.2. The van der Waals surface area contributed by atoms with Crippen LogP contribution in [0, 0.1) is 10.1 Å². The fourth-order valence-electron chi connectivity index (χ4n) is 0.991. The minimum absolute atomic E-state index is 0.0216. The van der Waals surface area contributed by atoms with Crippen molar-refractivity contribution >= 4 is 12.0 Å². The van der Waals surface area contributed by atoms with Crippen molar-refractivity contribution in [3.05, 3.63) is 27.8 Å². The number of phenols is 1. The number of hydrogen-bond donors (Lipinski definition) is 1. The normalized spacial score (nSPS) is 9.50. The van der Waals surface area contributed by atoms with Crippen LogP contribution in [0.2, 0.25) is 0 Å². The standard InChI is InChI=1S/C8H7NO5/c1-14-8-3-5(9(12)13)2-7(11)6(8)4-10/h2-4,11H,1H3. The molecular formula is C8H7NO5. The van der Waals surface area contributed by atoms with Gasteiger partial charge in [0.15, 0.2) is 6.29 Å². The molecular weight excluding hydrogens is 190 g/mol. The van der Waals surface area contributed by atoms with Crippen molar-refractivity contribution in [3.63, 3.8) is 0 Å². The number of carbonyl (C=O) groups is 1. The molecule has 0 amide bonds. The number of carbonyl (C=O) groups excluding carboxylic acids is 1. The highest BCUT2D eigenvalue weighted by atomic mass is 16.6. The summed E-state index contributed by atoms with van der Waals surface area (Å²) in [5.74, 6) is -0.488. The molecule has 0 atom stereocenters. The van der Waals surface area contributed by atoms with Crippen LogP contribution in [0.5, 0.6) is 11.5 Å². The van der Waals surface area contributed by atoms with Crippen LogP contribution in [0.4, 0.5) is 5.69 Å². The SMILES string of the molecule is COc1cc([N+](=O)[O-])cc(O)c1C=O. The lowest BCUT2D eigenvalue weighted by Gasteiger charge is -2.04. The maximum Gasteiger partial charge on any atom is 0.276 e. The summed E-state index contributed by atoms with van der Waals surface area (Å²) < 4.78 is 4.71. The summed E-state index contributed by atoms with van der Waals surface area (Å²) in [5.41, 5.74) is -0.428. The third-order valence-corrected chi connectivity index (χ3v) is 1.65. The molecule has 1 N–H and O–H groups in total. The molecule has 14 heavy (non-hydrogen) atoms. The maximum absolute atomic E-state index is 10.5. The van der Waals surface area contributed by atoms with Gasteiger partial charge in [-0.15, -0.1) is 0 Å². The fourth-order valence-corrected chi connectivity index (χ4v) is 0.991. The van der Waals surface area contributed by atoms with Crippen molar-refractivity contribution in [2.45, 2.75) is 0 Å². The average molecular weight is 197 g/mol. The molecule has 0 bridgehead atoms. The molecule has 0 spiro atoms. The average Bonchev–Trinajstić information content (AvgIpc) is 2.16. The molecule has 1 aromatic carbocycles. The van der Waals surface area contributed by atoms with Crippen molar-refractivity contribution in [1.29, 1.82) is 0 Å². The van der Waals surface area contributed by atoms with E-state index in [4.69, 9.17) is 4.74 Å². The Bertz CT molecular complexity index is 388. The summed E-state index contributed by atoms with van der Waals surface area (Å²) in [6.07, 6.45) is 0.373. The molecule has 0 aliphatic carbocycles. The van der Waals surface area contributed by atoms with Crippen LogP contribution in [0.3, 0.4) is 0 Å². The van der Waals surface area contributed by atoms with Gasteiger partial charge in [0, 0.05) is 0 Å². The highest BCUT2D eigenvalue weighted by Crippen LogP contribution is 2.31. The highest BCUT2D eigenvalue weighted by Gasteiger charge is 2.15. The van der Waals surface area contributed by atoms with Crippen LogP contribution in [0.25, 0.3) is 0 Å². The summed E-state index contributed by atoms with van der Waals surface area (Å²) in [7, 11) is 1.26. The Hall–Kier alpha value is -2.11. The Morgan fingerprint density at radius 1 is 1.57 bits per heavy atom. The Balaban J connectivity index is 3.38. The molecule has 6 heteroatoms. The zero-order valence-corrected chi connectivity index (χ0v) is 7.26. The summed E-state index contributed by atoms with van der Waals surface area (Å²) >= 11 is 0. The Labute approximate surface area is 78.9 Å². The number of aromatic hydroxyl groups is 1. The second kappa shape index (κ2) is 3.73. The first-order valence-electron chi connectivity index (χ1n) is 3.60. The van der Waals surface area contributed by atoms with Crippen LogP contribution >= 0.6 is 0 Å². The lowest BCUT2D eigenvalue weighted by Crippen LogP contribution is -1.94. The van der Waals surface area contributed by atoms with Gasteiger partial charge in [0.05, 0.1) is 29.7 Å². The zero-order chi connectivity index (χ0) is 10.7. The number of nitro groups is 1. The van der Waals surface area contributed by atoms with Crippen molar-refractivity contribution in [3.8, 4) is 11.5 Å². The zero-order valence-electron chi connectivity index (χ0n) is 7.26. The van der Waals surface area contributed by atoms with Crippen LogP contribution in [0.1, 0.15) is 10.4 Å². The number of phenolic OH excluding ortho intramolecular Hbond substituents is 1. The number of hydrogen-bond acceptors (Lipinski definition) is 5. The van der Waals surface area contributed by atoms with Gasteiger partial charge in [-0.25, -0.2) is 0 Å². The minimum Gasteiger partial charge on any atom is -0.507 e. The van der Waals surface area contributed by atoms with Gasteiger partial charge in [0.25, 0.3) is 5.69 Å². The third kappa shape index (κ3) is 1.63. The second-order valence-corrected chi connectivity index (χ2v) is 2.46. The predicted molar refractivity (Wildman–Crippen MR) is 46.7 cm³/mol. The number of aldehydes is 1. The van der Waals surface area contributed by atoms with Gasteiger partial charge in [-0.3, -0.25) is 14.9 Å². The van der Waals surface area contributed by atoms with Crippen molar-refractivity contribution in [2.24, 2.45) is 0 Å². The van der Waals surface area contributed by atoms with Crippen molar-refractivity contribution in [1.82, 2.24) is 0 Å². The predicted octanol–water partition coefficient (Wildman–Crippen LogP) is 1.12. The first-order valence-corrected chi connectivity index (χ1v) is 3.60. The number of methoxy groups -OCH3 is 1. The molecule has 1 rings (SSSR count). The van der Waals surface area contributed by atoms with Gasteiger partial charge in [-0.2, -0.15) is 0 Å². The molecule has 0 aliphatic heterocycles. The van der Waals surface area contributed by atoms with Crippen molar-refractivity contribution < 1.29 is 19.6 Å². The Morgan fingerprint density at radius 2 is 2.21 bits per heavy atom. The van der Waals surface area contributed by atoms with E-state index in [1.165, 1.54) is 7.11 Å². The van der Waals surface area contributed by atoms with Crippen LogP contribution in [-0.4, -0.2) is 23.4 Å². The number of ether oxygens (including phenoxy) is 1. The highest BCUT2D eigenvalue weighted by molar-refractivity contribution is 5.84. The van der Waals surface area contributed by atoms with Gasteiger partial charge >= 0.3 is 0 Å². The van der Waals surface area contributed by atoms with Crippen molar-refractivity contribution in [2.75, 3.05) is 7.11 Å². The first-order chi connectivity index (χ1) is 6.60. The lowest BCUT2D eigenvalue weighted by atomic mass is 10.2. The van der Waals surface area contributed by atoms with E-state index in [-0.39, 0.29) is 17.0 Å². The Kier molecular flexibility index (Phi) is 2.66. The van der Waals surface area contributed by atoms with Crippen LogP contribution < -0.4 is 4.74 Å². The molecule has 0 radical (unpaired) electrons. The minimum atomic E-state index is -0.684. The summed E-state index contributed by atoms with van der Waals surface area (Å²) in [6, 6.07) is 1.97. The van der Waals surface area contributed by atoms with Crippen LogP contribution in [0.15, 0.2) is 12.1 Å². The van der Waals surface area contributed by atoms with Crippen LogP contribution in [-0.2, 0) is 0 Å². The van der Waals surface area contributed by atoms with Gasteiger partial charge in [0.1, 0.15) is 11.5 Å². The molecule has 1 aromatic rings. The molecule has 0 unspecified atom stereocenters. The van der Waals surface area contributed by atoms with E-state index in [1.807, 2.05) is 0 Å². The number of benzene rings is 1. The second-order valence-electron chi connectivity index (χ2n) is 2.46. The number of nitro benzene ring substituents is 1. The van der Waals surface area contributed by atoms with Gasteiger partial charge in [-0.1, -0.05) is 0 Å². The van der Waals surface area contributed by atoms with Gasteiger partial charge < -0.3 is 9.84 Å². The van der Waals surface area contributed by atoms with E-state index in [9.17, 15) is 20.0 Å². The lowest BCUT2D eigenvalue weighted by molar-refractivity contribution is -0.385. The van der Waals surface area contributed by atoms with Gasteiger partial charge in [0.2, 0.25) is 0 Å². The third-order valence-electron chi connectivity index (χ3n) is 1.65. The topological polar surface area (TPSA) is 89.7 Å². The number of rotatable bonds is 3. The molecule has 0 aromatic heterocycles. The van der Waals surface area contributed by atoms with E-state index in [0.717, 1.165) is 12.1 Å². The quantitative estimate of drug-likeness (QED) is 0.445. The molecule has 0 heterocycles. The molecule has 0 saturated carbocycles. The van der Waals surface area contributed by atoms with E-state index in [0.29, 0.717) is 6.29 Å². The number of non-ortho nitro benzene ring substituents is 1. The Morgan fingerprint density at radius 3 is 2.64 bits per heavy atom.